The van der Waals surface area contributed by atoms with Gasteiger partial charge in [-0.25, -0.2) is 9.36 Å². The number of carbonyl (C=O) groups is 1. The molecule has 0 amide bonds. The molecule has 1 aliphatic heterocycles. The summed E-state index contributed by atoms with van der Waals surface area (Å²) < 4.78 is 50.0. The van der Waals surface area contributed by atoms with E-state index in [0.29, 0.717) is 10.8 Å². The first kappa shape index (κ1) is 29.2. The molecule has 3 rings (SSSR count). The van der Waals surface area contributed by atoms with E-state index in [0.717, 1.165) is 0 Å². The van der Waals surface area contributed by atoms with E-state index in [1.165, 1.54) is 26.0 Å². The van der Waals surface area contributed by atoms with Gasteiger partial charge in [-0.15, -0.1) is 0 Å². The Morgan fingerprint density at radius 2 is 2.00 bits per heavy atom. The molecule has 13 nitrogen and oxygen atoms in total. The molecule has 2 aromatic rings. The van der Waals surface area contributed by atoms with Gasteiger partial charge in [-0.3, -0.25) is 23.7 Å². The second kappa shape index (κ2) is 11.6. The molecule has 1 aliphatic rings. The minimum atomic E-state index is -4.34. The van der Waals surface area contributed by atoms with Crippen molar-refractivity contribution in [3.05, 3.63) is 63.2 Å². The Morgan fingerprint density at radius 1 is 1.34 bits per heavy atom. The van der Waals surface area contributed by atoms with Gasteiger partial charge in [0.2, 0.25) is 5.82 Å². The third-order valence-corrected chi connectivity index (χ3v) is 7.28. The highest BCUT2D eigenvalue weighted by Crippen LogP contribution is 2.48. The smallest absolute Gasteiger partial charge is 0.459 e. The van der Waals surface area contributed by atoms with Gasteiger partial charge in [-0.05, 0) is 39.8 Å². The van der Waals surface area contributed by atoms with Crippen molar-refractivity contribution >= 4 is 13.7 Å². The molecular formula is C23H28FN4O9P. The normalized spacial score (nSPS) is 25.4. The topological polar surface area (TPSA) is 182 Å². The molecule has 38 heavy (non-hydrogen) atoms. The summed E-state index contributed by atoms with van der Waals surface area (Å²) >= 11 is 0. The van der Waals surface area contributed by atoms with Crippen LogP contribution in [0.25, 0.3) is 0 Å². The molecule has 15 heteroatoms. The van der Waals surface area contributed by atoms with E-state index < -0.39 is 73.4 Å². The number of hydrogen-bond acceptors (Lipinski definition) is 10. The summed E-state index contributed by atoms with van der Waals surface area (Å²) in [4.78, 5) is 37.8. The third-order valence-electron chi connectivity index (χ3n) is 5.64. The van der Waals surface area contributed by atoms with E-state index in [1.54, 1.807) is 37.0 Å². The fourth-order valence-electron chi connectivity index (χ4n) is 3.66. The SMILES string of the molecule is CC(C)OC(=O)[C@@H](C)NP(=O)(OC[C@H]1O[C@@H](n2cc(F)c(=O)[nH]c2=O)[C@](C)(C#N)[C@@H]1O)Oc1ccccc1. The molecule has 1 unspecified atom stereocenters. The lowest BCUT2D eigenvalue weighted by Gasteiger charge is -2.26. The lowest BCUT2D eigenvalue weighted by Crippen LogP contribution is -2.41. The summed E-state index contributed by atoms with van der Waals surface area (Å²) in [7, 11) is -4.34. The molecule has 1 saturated heterocycles. The molecule has 1 fully saturated rings. The van der Waals surface area contributed by atoms with Crippen LogP contribution in [0, 0.1) is 22.6 Å². The van der Waals surface area contributed by atoms with Crippen molar-refractivity contribution in [2.45, 2.75) is 58.3 Å². The third kappa shape index (κ3) is 6.38. The Labute approximate surface area is 216 Å². The number of aliphatic hydroxyl groups is 1. The number of nitrogens with one attached hydrogen (secondary N) is 2. The van der Waals surface area contributed by atoms with Crippen molar-refractivity contribution < 1.29 is 37.4 Å². The molecule has 6 atom stereocenters. The number of aliphatic hydroxyl groups excluding tert-OH is 1. The van der Waals surface area contributed by atoms with E-state index >= 15 is 0 Å². The highest BCUT2D eigenvalue weighted by Gasteiger charge is 2.55. The number of benzene rings is 1. The predicted octanol–water partition coefficient (Wildman–Crippen LogP) is 1.60. The zero-order chi connectivity index (χ0) is 28.3. The van der Waals surface area contributed by atoms with Crippen LogP contribution in [0.3, 0.4) is 0 Å². The van der Waals surface area contributed by atoms with Gasteiger partial charge in [0.1, 0.15) is 29.4 Å². The maximum atomic E-state index is 13.9. The second-order valence-electron chi connectivity index (χ2n) is 9.04. The quantitative estimate of drug-likeness (QED) is 0.286. The standard InChI is InChI=1S/C23H28FN4O9P/c1-13(2)35-20(31)14(3)27-38(33,37-15-8-6-5-7-9-15)34-11-17-18(29)23(4,12-25)21(36-17)28-10-16(24)19(30)26-22(28)32/h5-10,13-14,17-18,21,29H,11H2,1-4H3,(H,27,33)(H,26,30,32)/t14-,17-,18-,21-,23-,38?/m1/s1. The number of H-pyrrole nitrogens is 1. The maximum Gasteiger partial charge on any atom is 0.459 e. The molecule has 3 N–H and O–H groups in total. The summed E-state index contributed by atoms with van der Waals surface area (Å²) in [6.45, 7) is 5.29. The van der Waals surface area contributed by atoms with Crippen LogP contribution >= 0.6 is 7.75 Å². The predicted molar refractivity (Wildman–Crippen MR) is 129 cm³/mol. The van der Waals surface area contributed by atoms with Gasteiger partial charge in [-0.2, -0.15) is 14.7 Å². The first-order chi connectivity index (χ1) is 17.8. The van der Waals surface area contributed by atoms with Crippen molar-refractivity contribution in [3.8, 4) is 11.8 Å². The molecule has 2 heterocycles. The molecule has 1 aromatic heterocycles. The van der Waals surface area contributed by atoms with Crippen LogP contribution < -0.4 is 20.9 Å². The van der Waals surface area contributed by atoms with Crippen molar-refractivity contribution in [1.82, 2.24) is 14.6 Å². The number of aromatic amines is 1. The van der Waals surface area contributed by atoms with Gasteiger partial charge in [0.15, 0.2) is 6.23 Å². The summed E-state index contributed by atoms with van der Waals surface area (Å²) in [5.41, 5.74) is -4.15. The average molecular weight is 554 g/mol. The van der Waals surface area contributed by atoms with Gasteiger partial charge in [0.25, 0.3) is 5.56 Å². The molecule has 0 radical (unpaired) electrons. The molecule has 0 spiro atoms. The Balaban J connectivity index is 1.86. The van der Waals surface area contributed by atoms with Crippen molar-refractivity contribution in [3.63, 3.8) is 0 Å². The van der Waals surface area contributed by atoms with Gasteiger partial charge < -0.3 is 19.1 Å². The molecular weight excluding hydrogens is 526 g/mol. The lowest BCUT2D eigenvalue weighted by atomic mass is 9.84. The van der Waals surface area contributed by atoms with E-state index in [4.69, 9.17) is 18.5 Å². The van der Waals surface area contributed by atoms with Crippen molar-refractivity contribution in [2.75, 3.05) is 6.61 Å². The number of esters is 1. The molecule has 0 saturated carbocycles. The summed E-state index contributed by atoms with van der Waals surface area (Å²) in [5.74, 6) is -1.90. The summed E-state index contributed by atoms with van der Waals surface area (Å²) in [5, 5.41) is 23.1. The Morgan fingerprint density at radius 3 is 2.61 bits per heavy atom. The second-order valence-corrected chi connectivity index (χ2v) is 10.7. The maximum absolute atomic E-state index is 13.9. The van der Waals surface area contributed by atoms with Crippen LogP contribution in [0.4, 0.5) is 4.39 Å². The zero-order valence-electron chi connectivity index (χ0n) is 21.0. The van der Waals surface area contributed by atoms with Crippen LogP contribution in [0.1, 0.15) is 33.9 Å². The van der Waals surface area contributed by atoms with Gasteiger partial charge in [-0.1, -0.05) is 18.2 Å². The number of ether oxygens (including phenoxy) is 2. The zero-order valence-corrected chi connectivity index (χ0v) is 21.9. The number of hydrogen-bond donors (Lipinski definition) is 3. The molecule has 0 aliphatic carbocycles. The Hall–Kier alpha value is -3.34. The van der Waals surface area contributed by atoms with Crippen molar-refractivity contribution in [1.29, 1.82) is 5.26 Å². The molecule has 206 valence electrons. The summed E-state index contributed by atoms with van der Waals surface area (Å²) in [6, 6.07) is 8.63. The van der Waals surface area contributed by atoms with Crippen LogP contribution in [0.5, 0.6) is 5.75 Å². The fraction of sp³-hybridized carbons (Fsp3) is 0.478. The first-order valence-electron chi connectivity index (χ1n) is 11.5. The minimum absolute atomic E-state index is 0.135. The average Bonchev–Trinajstić information content (AvgIpc) is 3.10. The monoisotopic (exact) mass is 554 g/mol. The number of para-hydroxylation sites is 1. The van der Waals surface area contributed by atoms with Gasteiger partial charge >= 0.3 is 19.4 Å². The Bertz CT molecular complexity index is 1360. The van der Waals surface area contributed by atoms with E-state index in [-0.39, 0.29) is 5.75 Å². The number of nitrogens with zero attached hydrogens (tertiary/aromatic N) is 2. The van der Waals surface area contributed by atoms with Gasteiger partial charge in [0.05, 0.1) is 25.0 Å². The highest BCUT2D eigenvalue weighted by atomic mass is 31.2. The van der Waals surface area contributed by atoms with Crippen LogP contribution in [-0.2, 0) is 23.4 Å². The summed E-state index contributed by atoms with van der Waals surface area (Å²) in [6.07, 6.45) is -4.40. The van der Waals surface area contributed by atoms with Crippen molar-refractivity contribution in [2.24, 2.45) is 5.41 Å². The number of nitriles is 1. The van der Waals surface area contributed by atoms with Gasteiger partial charge in [0, 0.05) is 0 Å². The van der Waals surface area contributed by atoms with Crippen LogP contribution in [-0.4, -0.2) is 51.6 Å². The number of carbonyl (C=O) groups excluding carboxylic acids is 1. The number of halogens is 1. The van der Waals surface area contributed by atoms with E-state index in [2.05, 4.69) is 5.09 Å². The fourth-order valence-corrected chi connectivity index (χ4v) is 5.16. The van der Waals surface area contributed by atoms with E-state index in [9.17, 15) is 33.7 Å². The highest BCUT2D eigenvalue weighted by molar-refractivity contribution is 7.52. The van der Waals surface area contributed by atoms with Crippen LogP contribution in [0.2, 0.25) is 0 Å². The number of aromatic nitrogens is 2. The largest absolute Gasteiger partial charge is 0.462 e. The number of rotatable bonds is 10. The first-order valence-corrected chi connectivity index (χ1v) is 13.1. The Kier molecular flexibility index (Phi) is 8.91. The minimum Gasteiger partial charge on any atom is -0.462 e. The molecule has 1 aromatic carbocycles. The molecule has 0 bridgehead atoms. The van der Waals surface area contributed by atoms with E-state index in [1.807, 2.05) is 6.07 Å². The lowest BCUT2D eigenvalue weighted by molar-refractivity contribution is -0.149. The van der Waals surface area contributed by atoms with Crippen LogP contribution in [0.15, 0.2) is 46.1 Å².